The highest BCUT2D eigenvalue weighted by atomic mass is 14.9. The van der Waals surface area contributed by atoms with Gasteiger partial charge < -0.3 is 11.5 Å². The third-order valence-electron chi connectivity index (χ3n) is 1.40. The van der Waals surface area contributed by atoms with Gasteiger partial charge in [0.05, 0.1) is 6.04 Å². The molecule has 1 rings (SSSR count). The van der Waals surface area contributed by atoms with E-state index in [9.17, 15) is 0 Å². The zero-order valence-corrected chi connectivity index (χ0v) is 6.27. The molecule has 1 heterocycles. The highest BCUT2D eigenvalue weighted by molar-refractivity contribution is 4.94. The monoisotopic (exact) mass is 152 g/mol. The van der Waals surface area contributed by atoms with Crippen LogP contribution in [-0.4, -0.2) is 16.5 Å². The Morgan fingerprint density at radius 3 is 2.55 bits per heavy atom. The zero-order valence-electron chi connectivity index (χ0n) is 6.27. The summed E-state index contributed by atoms with van der Waals surface area (Å²) >= 11 is 0. The highest BCUT2D eigenvalue weighted by Crippen LogP contribution is 2.04. The molecule has 0 spiro atoms. The number of rotatable bonds is 3. The molecule has 1 atom stereocenters. The van der Waals surface area contributed by atoms with E-state index in [2.05, 4.69) is 9.97 Å². The van der Waals surface area contributed by atoms with Crippen molar-refractivity contribution in [3.8, 4) is 0 Å². The number of hydrogen-bond acceptors (Lipinski definition) is 4. The van der Waals surface area contributed by atoms with Crippen LogP contribution in [0.2, 0.25) is 0 Å². The minimum absolute atomic E-state index is 0.124. The maximum Gasteiger partial charge on any atom is 0.144 e. The first kappa shape index (κ1) is 8.10. The third-order valence-corrected chi connectivity index (χ3v) is 1.40. The second kappa shape index (κ2) is 4.00. The number of hydrogen-bond donors (Lipinski definition) is 2. The van der Waals surface area contributed by atoms with Gasteiger partial charge in [-0.15, -0.1) is 0 Å². The Morgan fingerprint density at radius 1 is 1.36 bits per heavy atom. The van der Waals surface area contributed by atoms with Crippen molar-refractivity contribution in [2.45, 2.75) is 12.5 Å². The summed E-state index contributed by atoms with van der Waals surface area (Å²) in [5.74, 6) is 0.665. The Hall–Kier alpha value is -1.00. The average molecular weight is 152 g/mol. The summed E-state index contributed by atoms with van der Waals surface area (Å²) in [6.45, 7) is 0.569. The Bertz CT molecular complexity index is 199. The molecule has 11 heavy (non-hydrogen) atoms. The third kappa shape index (κ3) is 2.25. The van der Waals surface area contributed by atoms with Crippen LogP contribution < -0.4 is 11.5 Å². The second-order valence-corrected chi connectivity index (χ2v) is 2.29. The average Bonchev–Trinajstić information content (AvgIpc) is 2.07. The molecule has 0 amide bonds. The molecule has 1 aromatic rings. The predicted molar refractivity (Wildman–Crippen MR) is 42.6 cm³/mol. The van der Waals surface area contributed by atoms with Gasteiger partial charge >= 0.3 is 0 Å². The van der Waals surface area contributed by atoms with E-state index in [4.69, 9.17) is 11.5 Å². The summed E-state index contributed by atoms with van der Waals surface area (Å²) < 4.78 is 0. The molecule has 0 saturated heterocycles. The molecule has 0 bridgehead atoms. The van der Waals surface area contributed by atoms with Crippen molar-refractivity contribution in [2.24, 2.45) is 11.5 Å². The Labute approximate surface area is 65.6 Å². The van der Waals surface area contributed by atoms with E-state index in [1.54, 1.807) is 18.5 Å². The summed E-state index contributed by atoms with van der Waals surface area (Å²) in [6, 6.07) is 1.64. The van der Waals surface area contributed by atoms with Gasteiger partial charge in [-0.3, -0.25) is 0 Å². The molecule has 0 radical (unpaired) electrons. The first-order chi connectivity index (χ1) is 5.34. The minimum atomic E-state index is -0.124. The van der Waals surface area contributed by atoms with Gasteiger partial charge in [0.1, 0.15) is 5.82 Å². The molecule has 1 unspecified atom stereocenters. The topological polar surface area (TPSA) is 77.8 Å². The van der Waals surface area contributed by atoms with Crippen molar-refractivity contribution in [1.29, 1.82) is 0 Å². The van der Waals surface area contributed by atoms with Crippen LogP contribution in [0.25, 0.3) is 0 Å². The largest absolute Gasteiger partial charge is 0.330 e. The van der Waals surface area contributed by atoms with Gasteiger partial charge in [-0.25, -0.2) is 9.97 Å². The summed E-state index contributed by atoms with van der Waals surface area (Å²) in [5, 5.41) is 0. The van der Waals surface area contributed by atoms with Crippen LogP contribution in [0.15, 0.2) is 18.5 Å². The van der Waals surface area contributed by atoms with Crippen LogP contribution >= 0.6 is 0 Å². The van der Waals surface area contributed by atoms with Crippen LogP contribution in [-0.2, 0) is 0 Å². The molecule has 0 aliphatic heterocycles. The maximum absolute atomic E-state index is 5.70. The molecule has 0 aliphatic carbocycles. The lowest BCUT2D eigenvalue weighted by Gasteiger charge is -2.06. The summed E-state index contributed by atoms with van der Waals surface area (Å²) in [4.78, 5) is 8.01. The Morgan fingerprint density at radius 2 is 2.00 bits per heavy atom. The van der Waals surface area contributed by atoms with Gasteiger partial charge in [0.25, 0.3) is 0 Å². The number of nitrogens with two attached hydrogens (primary N) is 2. The molecule has 0 aromatic carbocycles. The van der Waals surface area contributed by atoms with Crippen LogP contribution in [0.4, 0.5) is 0 Å². The van der Waals surface area contributed by atoms with Crippen LogP contribution in [0.5, 0.6) is 0 Å². The summed E-state index contributed by atoms with van der Waals surface area (Å²) in [6.07, 6.45) is 4.08. The normalized spacial score (nSPS) is 12.9. The quantitative estimate of drug-likeness (QED) is 0.630. The molecule has 0 saturated carbocycles. The molecule has 0 aliphatic rings. The first-order valence-corrected chi connectivity index (χ1v) is 3.57. The van der Waals surface area contributed by atoms with Gasteiger partial charge in [-0.1, -0.05) is 0 Å². The van der Waals surface area contributed by atoms with Crippen molar-refractivity contribution >= 4 is 0 Å². The molecule has 0 fully saturated rings. The molecule has 60 valence electrons. The predicted octanol–water partition coefficient (Wildman–Crippen LogP) is -0.175. The van der Waals surface area contributed by atoms with E-state index in [0.29, 0.717) is 12.4 Å². The van der Waals surface area contributed by atoms with Gasteiger partial charge in [-0.2, -0.15) is 0 Å². The van der Waals surface area contributed by atoms with Gasteiger partial charge in [-0.05, 0) is 19.0 Å². The van der Waals surface area contributed by atoms with E-state index in [1.807, 2.05) is 0 Å². The second-order valence-electron chi connectivity index (χ2n) is 2.29. The molecule has 4 N–H and O–H groups in total. The van der Waals surface area contributed by atoms with Crippen molar-refractivity contribution in [3.05, 3.63) is 24.3 Å². The van der Waals surface area contributed by atoms with E-state index in [1.165, 1.54) is 0 Å². The van der Waals surface area contributed by atoms with Crippen LogP contribution in [0, 0.1) is 0 Å². The van der Waals surface area contributed by atoms with E-state index < -0.39 is 0 Å². The van der Waals surface area contributed by atoms with Gasteiger partial charge in [0, 0.05) is 12.4 Å². The van der Waals surface area contributed by atoms with Gasteiger partial charge in [0.15, 0.2) is 0 Å². The summed E-state index contributed by atoms with van der Waals surface area (Å²) in [5.41, 5.74) is 11.0. The minimum Gasteiger partial charge on any atom is -0.330 e. The number of aromatic nitrogens is 2. The molecular weight excluding hydrogens is 140 g/mol. The van der Waals surface area contributed by atoms with Crippen molar-refractivity contribution < 1.29 is 0 Å². The molecular formula is C7H12N4. The SMILES string of the molecule is NCCC(N)c1ncccn1. The highest BCUT2D eigenvalue weighted by Gasteiger charge is 2.05. The Kier molecular flexibility index (Phi) is 2.95. The lowest BCUT2D eigenvalue weighted by Crippen LogP contribution is -2.17. The standard InChI is InChI=1S/C7H12N4/c8-3-2-6(9)7-10-4-1-5-11-7/h1,4-6H,2-3,8-9H2. The van der Waals surface area contributed by atoms with E-state index in [0.717, 1.165) is 6.42 Å². The molecule has 1 aromatic heterocycles. The van der Waals surface area contributed by atoms with Gasteiger partial charge in [0.2, 0.25) is 0 Å². The van der Waals surface area contributed by atoms with Crippen molar-refractivity contribution in [2.75, 3.05) is 6.54 Å². The lowest BCUT2D eigenvalue weighted by molar-refractivity contribution is 0.620. The van der Waals surface area contributed by atoms with Crippen molar-refractivity contribution in [1.82, 2.24) is 9.97 Å². The van der Waals surface area contributed by atoms with Crippen LogP contribution in [0.1, 0.15) is 18.3 Å². The Balaban J connectivity index is 2.61. The fourth-order valence-electron chi connectivity index (χ4n) is 0.811. The maximum atomic E-state index is 5.70. The fraction of sp³-hybridized carbons (Fsp3) is 0.429. The van der Waals surface area contributed by atoms with Crippen LogP contribution in [0.3, 0.4) is 0 Å². The van der Waals surface area contributed by atoms with E-state index >= 15 is 0 Å². The fourth-order valence-corrected chi connectivity index (χ4v) is 0.811. The summed E-state index contributed by atoms with van der Waals surface area (Å²) in [7, 11) is 0. The number of nitrogens with zero attached hydrogens (tertiary/aromatic N) is 2. The zero-order chi connectivity index (χ0) is 8.10. The first-order valence-electron chi connectivity index (χ1n) is 3.57. The lowest BCUT2D eigenvalue weighted by atomic mass is 10.2. The van der Waals surface area contributed by atoms with Crippen molar-refractivity contribution in [3.63, 3.8) is 0 Å². The molecule has 4 heteroatoms. The smallest absolute Gasteiger partial charge is 0.144 e. The molecule has 4 nitrogen and oxygen atoms in total. The van der Waals surface area contributed by atoms with E-state index in [-0.39, 0.29) is 6.04 Å².